The molecule has 0 radical (unpaired) electrons. The van der Waals surface area contributed by atoms with E-state index in [9.17, 15) is 8.78 Å². The van der Waals surface area contributed by atoms with Crippen LogP contribution in [0, 0.1) is 23.0 Å². The Hall–Kier alpha value is -3.22. The molecule has 0 fully saturated rings. The second kappa shape index (κ2) is 8.49. The van der Waals surface area contributed by atoms with Gasteiger partial charge in [-0.05, 0) is 31.4 Å². The summed E-state index contributed by atoms with van der Waals surface area (Å²) in [6.45, 7) is 1.78. The summed E-state index contributed by atoms with van der Waals surface area (Å²) < 4.78 is 34.5. The number of ether oxygens (including phenoxy) is 1. The third-order valence-electron chi connectivity index (χ3n) is 5.29. The van der Waals surface area contributed by atoms with E-state index < -0.39 is 34.8 Å². The Morgan fingerprint density at radius 3 is 2.65 bits per heavy atom. The lowest BCUT2D eigenvalue weighted by molar-refractivity contribution is -0.0197. The number of nitriles is 1. The Morgan fingerprint density at radius 1 is 1.19 bits per heavy atom. The zero-order valence-electron chi connectivity index (χ0n) is 16.4. The zero-order chi connectivity index (χ0) is 22.1. The number of halogens is 3. The van der Waals surface area contributed by atoms with E-state index in [1.54, 1.807) is 6.92 Å². The number of benzene rings is 1. The summed E-state index contributed by atoms with van der Waals surface area (Å²) in [5.74, 6) is -1.47. The second-order valence-electron chi connectivity index (χ2n) is 7.16. The van der Waals surface area contributed by atoms with E-state index in [-0.39, 0.29) is 11.4 Å². The third-order valence-corrected chi connectivity index (χ3v) is 5.63. The summed E-state index contributed by atoms with van der Waals surface area (Å²) in [5, 5.41) is 8.34. The van der Waals surface area contributed by atoms with E-state index >= 15 is 0 Å². The van der Waals surface area contributed by atoms with Gasteiger partial charge in [0, 0.05) is 23.9 Å². The topological polar surface area (TPSA) is 111 Å². The average molecular weight is 443 g/mol. The quantitative estimate of drug-likeness (QED) is 0.596. The van der Waals surface area contributed by atoms with Gasteiger partial charge >= 0.3 is 0 Å². The van der Waals surface area contributed by atoms with Gasteiger partial charge in [0.25, 0.3) is 0 Å². The highest BCUT2D eigenvalue weighted by Crippen LogP contribution is 2.46. The Morgan fingerprint density at radius 2 is 1.94 bits per heavy atom. The maximum atomic E-state index is 14.7. The van der Waals surface area contributed by atoms with Crippen molar-refractivity contribution in [2.45, 2.75) is 37.9 Å². The van der Waals surface area contributed by atoms with Gasteiger partial charge in [-0.15, -0.1) is 0 Å². The number of hydrogen-bond donors (Lipinski definition) is 1. The van der Waals surface area contributed by atoms with Crippen molar-refractivity contribution in [2.24, 2.45) is 0 Å². The van der Waals surface area contributed by atoms with Crippen LogP contribution >= 0.6 is 11.6 Å². The van der Waals surface area contributed by atoms with Crippen LogP contribution in [0.3, 0.4) is 0 Å². The molecule has 0 bridgehead atoms. The summed E-state index contributed by atoms with van der Waals surface area (Å²) in [6, 6.07) is 4.47. The first kappa shape index (κ1) is 21.0. The number of fused-ring (bicyclic) bond motifs is 1. The number of hydrogen-bond acceptors (Lipinski definition) is 7. The van der Waals surface area contributed by atoms with Crippen LogP contribution in [0.25, 0.3) is 0 Å². The molecule has 2 aromatic heterocycles. The molecule has 0 saturated carbocycles. The molecule has 158 valence electrons. The molecule has 3 atom stereocenters. The molecule has 31 heavy (non-hydrogen) atoms. The standard InChI is InChI=1S/C21H17ClF2N6O/c1-10(21-27-7-11(6-25)8-28-21)31-15-5-3-13(19-16(15)20(26)30-9-29-19)12-2-4-14(23)17(22)18(12)24/h2,4,7-10,13,15H,3,5H2,1H3,(H2,26,29,30)/t10-,13?,15?/m0/s1. The van der Waals surface area contributed by atoms with Crippen LogP contribution in [0.4, 0.5) is 14.6 Å². The first-order chi connectivity index (χ1) is 14.9. The fourth-order valence-corrected chi connectivity index (χ4v) is 3.96. The van der Waals surface area contributed by atoms with E-state index in [0.717, 1.165) is 6.07 Å². The smallest absolute Gasteiger partial charge is 0.156 e. The highest BCUT2D eigenvalue weighted by atomic mass is 35.5. The number of anilines is 1. The lowest BCUT2D eigenvalue weighted by Crippen LogP contribution is -2.23. The number of aromatic nitrogens is 4. The van der Waals surface area contributed by atoms with Crippen LogP contribution in [0.15, 0.2) is 30.9 Å². The molecule has 3 aromatic rings. The predicted molar refractivity (Wildman–Crippen MR) is 108 cm³/mol. The largest absolute Gasteiger partial charge is 0.383 e. The number of rotatable bonds is 4. The van der Waals surface area contributed by atoms with Crippen LogP contribution < -0.4 is 5.73 Å². The molecule has 1 aliphatic carbocycles. The van der Waals surface area contributed by atoms with E-state index in [1.807, 2.05) is 6.07 Å². The maximum Gasteiger partial charge on any atom is 0.156 e. The molecule has 0 aliphatic heterocycles. The highest BCUT2D eigenvalue weighted by molar-refractivity contribution is 6.31. The van der Waals surface area contributed by atoms with Crippen molar-refractivity contribution in [3.63, 3.8) is 0 Å². The van der Waals surface area contributed by atoms with Crippen molar-refractivity contribution < 1.29 is 13.5 Å². The van der Waals surface area contributed by atoms with Gasteiger partial charge in [-0.25, -0.2) is 28.7 Å². The van der Waals surface area contributed by atoms with Crippen molar-refractivity contribution >= 4 is 17.4 Å². The van der Waals surface area contributed by atoms with Crippen LogP contribution in [0.2, 0.25) is 5.02 Å². The maximum absolute atomic E-state index is 14.7. The van der Waals surface area contributed by atoms with Crippen LogP contribution in [0.1, 0.15) is 66.1 Å². The van der Waals surface area contributed by atoms with Gasteiger partial charge in [0.05, 0.1) is 17.4 Å². The van der Waals surface area contributed by atoms with Gasteiger partial charge in [-0.1, -0.05) is 17.7 Å². The normalized spacial score (nSPS) is 18.8. The van der Waals surface area contributed by atoms with Crippen molar-refractivity contribution in [1.82, 2.24) is 19.9 Å². The molecule has 2 unspecified atom stereocenters. The molecule has 1 aromatic carbocycles. The molecule has 2 heterocycles. The van der Waals surface area contributed by atoms with Crippen molar-refractivity contribution in [2.75, 3.05) is 5.73 Å². The van der Waals surface area contributed by atoms with Gasteiger partial charge in [0.1, 0.15) is 41.0 Å². The molecule has 0 saturated heterocycles. The van der Waals surface area contributed by atoms with E-state index in [2.05, 4.69) is 19.9 Å². The number of nitrogens with two attached hydrogens (primary N) is 1. The minimum atomic E-state index is -0.821. The molecule has 7 nitrogen and oxygen atoms in total. The summed E-state index contributed by atoms with van der Waals surface area (Å²) in [7, 11) is 0. The van der Waals surface area contributed by atoms with Gasteiger partial charge in [0.15, 0.2) is 5.82 Å². The zero-order valence-corrected chi connectivity index (χ0v) is 17.1. The van der Waals surface area contributed by atoms with Crippen molar-refractivity contribution in [1.29, 1.82) is 5.26 Å². The Bertz CT molecular complexity index is 1170. The number of nitrogens with zero attached hydrogens (tertiary/aromatic N) is 5. The molecule has 10 heteroatoms. The molecule has 2 N–H and O–H groups in total. The second-order valence-corrected chi connectivity index (χ2v) is 7.54. The Balaban J connectivity index is 1.67. The van der Waals surface area contributed by atoms with Crippen molar-refractivity contribution in [3.05, 3.63) is 75.7 Å². The summed E-state index contributed by atoms with van der Waals surface area (Å²) >= 11 is 5.78. The molecule has 1 aliphatic rings. The van der Waals surface area contributed by atoms with Crippen LogP contribution in [-0.4, -0.2) is 19.9 Å². The lowest BCUT2D eigenvalue weighted by Gasteiger charge is -2.32. The lowest BCUT2D eigenvalue weighted by atomic mass is 9.80. The molecule has 4 rings (SSSR count). The summed E-state index contributed by atoms with van der Waals surface area (Å²) in [6.07, 6.45) is 4.15. The summed E-state index contributed by atoms with van der Waals surface area (Å²) in [5.41, 5.74) is 7.80. The Labute approximate surface area is 181 Å². The van der Waals surface area contributed by atoms with Gasteiger partial charge in [0.2, 0.25) is 0 Å². The van der Waals surface area contributed by atoms with E-state index in [4.69, 9.17) is 27.3 Å². The van der Waals surface area contributed by atoms with Gasteiger partial charge in [-0.2, -0.15) is 5.26 Å². The van der Waals surface area contributed by atoms with Gasteiger partial charge < -0.3 is 10.5 Å². The van der Waals surface area contributed by atoms with Crippen LogP contribution in [-0.2, 0) is 4.74 Å². The first-order valence-electron chi connectivity index (χ1n) is 9.51. The first-order valence-corrected chi connectivity index (χ1v) is 9.89. The molecular weight excluding hydrogens is 426 g/mol. The SMILES string of the molecule is C[C@H](OC1CCC(c2ccc(F)c(Cl)c2F)c2ncnc(N)c21)c1ncc(C#N)cn1. The Kier molecular flexibility index (Phi) is 5.76. The van der Waals surface area contributed by atoms with E-state index in [1.165, 1.54) is 24.8 Å². The van der Waals surface area contributed by atoms with E-state index in [0.29, 0.717) is 35.5 Å². The van der Waals surface area contributed by atoms with Crippen LogP contribution in [0.5, 0.6) is 0 Å². The minimum Gasteiger partial charge on any atom is -0.383 e. The fraction of sp³-hybridized carbons (Fsp3) is 0.286. The molecular formula is C21H17ClF2N6O. The summed E-state index contributed by atoms with van der Waals surface area (Å²) in [4.78, 5) is 16.7. The minimum absolute atomic E-state index is 0.223. The molecule has 0 spiro atoms. The molecule has 0 amide bonds. The van der Waals surface area contributed by atoms with Gasteiger partial charge in [-0.3, -0.25) is 0 Å². The average Bonchev–Trinajstić information content (AvgIpc) is 2.78. The number of nitrogen functional groups attached to an aromatic ring is 1. The highest BCUT2D eigenvalue weighted by Gasteiger charge is 2.35. The third kappa shape index (κ3) is 3.92. The monoisotopic (exact) mass is 442 g/mol. The van der Waals surface area contributed by atoms with Crippen molar-refractivity contribution in [3.8, 4) is 6.07 Å². The fourth-order valence-electron chi connectivity index (χ4n) is 3.79. The predicted octanol–water partition coefficient (Wildman–Crippen LogP) is 4.40.